The molecule has 1 amide bonds. The topological polar surface area (TPSA) is 104 Å². The van der Waals surface area contributed by atoms with Crippen LogP contribution in [0.3, 0.4) is 0 Å². The number of rotatable bonds is 7. The molecule has 1 unspecified atom stereocenters. The van der Waals surface area contributed by atoms with Crippen LogP contribution in [0.2, 0.25) is 0 Å². The van der Waals surface area contributed by atoms with Gasteiger partial charge in [-0.25, -0.2) is 4.39 Å². The summed E-state index contributed by atoms with van der Waals surface area (Å²) in [6.45, 7) is 1.22. The van der Waals surface area contributed by atoms with Gasteiger partial charge in [0.1, 0.15) is 17.1 Å². The molecule has 2 aromatic rings. The fourth-order valence-corrected chi connectivity index (χ4v) is 2.20. The van der Waals surface area contributed by atoms with E-state index in [-0.39, 0.29) is 24.5 Å². The van der Waals surface area contributed by atoms with Gasteiger partial charge in [-0.1, -0.05) is 24.3 Å². The fourth-order valence-electron chi connectivity index (χ4n) is 2.20. The molecule has 3 N–H and O–H groups in total. The number of hydrogen-bond acceptors (Lipinski definition) is 5. The Morgan fingerprint density at radius 3 is 2.52 bits per heavy atom. The molecule has 0 saturated carbocycles. The molecule has 25 heavy (non-hydrogen) atoms. The van der Waals surface area contributed by atoms with E-state index >= 15 is 0 Å². The van der Waals surface area contributed by atoms with Gasteiger partial charge in [0, 0.05) is 6.07 Å². The van der Waals surface area contributed by atoms with E-state index in [0.29, 0.717) is 5.56 Å². The summed E-state index contributed by atoms with van der Waals surface area (Å²) in [6, 6.07) is 11.3. The number of nitrogens with zero attached hydrogens (tertiary/aromatic N) is 1. The maximum atomic E-state index is 12.9. The number of aliphatic hydroxyl groups is 1. The van der Waals surface area contributed by atoms with Crippen LogP contribution < -0.4 is 10.6 Å². The second-order valence-corrected chi connectivity index (χ2v) is 5.69. The zero-order valence-corrected chi connectivity index (χ0v) is 13.5. The summed E-state index contributed by atoms with van der Waals surface area (Å²) in [5.41, 5.74) is -0.815. The van der Waals surface area contributed by atoms with Crippen molar-refractivity contribution in [2.45, 2.75) is 12.5 Å². The normalized spacial score (nSPS) is 12.9. The van der Waals surface area contributed by atoms with Gasteiger partial charge in [0.15, 0.2) is 0 Å². The van der Waals surface area contributed by atoms with Crippen LogP contribution in [0, 0.1) is 15.9 Å². The predicted molar refractivity (Wildman–Crippen MR) is 90.6 cm³/mol. The summed E-state index contributed by atoms with van der Waals surface area (Å²) in [4.78, 5) is 22.3. The van der Waals surface area contributed by atoms with Gasteiger partial charge < -0.3 is 15.7 Å². The number of nitro benzene ring substituents is 1. The molecule has 0 fully saturated rings. The Balaban J connectivity index is 1.90. The number of anilines is 1. The summed E-state index contributed by atoms with van der Waals surface area (Å²) in [5, 5.41) is 26.5. The second kappa shape index (κ2) is 7.71. The number of nitrogens with one attached hydrogen (secondary N) is 2. The van der Waals surface area contributed by atoms with E-state index in [2.05, 4.69) is 10.6 Å². The zero-order chi connectivity index (χ0) is 18.4. The third-order valence-electron chi connectivity index (χ3n) is 3.64. The number of amides is 1. The minimum absolute atomic E-state index is 0.0873. The van der Waals surface area contributed by atoms with Crippen molar-refractivity contribution in [3.05, 3.63) is 70.0 Å². The smallest absolute Gasteiger partial charge is 0.292 e. The maximum absolute atomic E-state index is 12.9. The van der Waals surface area contributed by atoms with E-state index in [0.717, 1.165) is 0 Å². The van der Waals surface area contributed by atoms with Crippen molar-refractivity contribution in [1.29, 1.82) is 0 Å². The third-order valence-corrected chi connectivity index (χ3v) is 3.64. The van der Waals surface area contributed by atoms with Crippen molar-refractivity contribution >= 4 is 17.3 Å². The Labute approximate surface area is 143 Å². The summed E-state index contributed by atoms with van der Waals surface area (Å²) >= 11 is 0. The van der Waals surface area contributed by atoms with Crippen molar-refractivity contribution in [3.8, 4) is 0 Å². The van der Waals surface area contributed by atoms with Crippen LogP contribution in [0.25, 0.3) is 0 Å². The first-order chi connectivity index (χ1) is 11.8. The molecule has 0 spiro atoms. The molecular weight excluding hydrogens is 329 g/mol. The second-order valence-electron chi connectivity index (χ2n) is 5.69. The molecule has 8 heteroatoms. The van der Waals surface area contributed by atoms with Gasteiger partial charge in [-0.2, -0.15) is 0 Å². The Hall–Kier alpha value is -3.00. The minimum Gasteiger partial charge on any atom is -0.384 e. The van der Waals surface area contributed by atoms with E-state index < -0.39 is 22.2 Å². The molecule has 0 heterocycles. The molecule has 0 aliphatic rings. The van der Waals surface area contributed by atoms with Gasteiger partial charge in [0.2, 0.25) is 5.91 Å². The predicted octanol–water partition coefficient (Wildman–Crippen LogP) is 2.17. The van der Waals surface area contributed by atoms with Crippen molar-refractivity contribution in [3.63, 3.8) is 0 Å². The average Bonchev–Trinajstić information content (AvgIpc) is 2.59. The first kappa shape index (κ1) is 18.3. The zero-order valence-electron chi connectivity index (χ0n) is 13.5. The van der Waals surface area contributed by atoms with Gasteiger partial charge in [0.05, 0.1) is 18.0 Å². The Morgan fingerprint density at radius 1 is 1.24 bits per heavy atom. The van der Waals surface area contributed by atoms with Crippen molar-refractivity contribution in [1.82, 2.24) is 5.32 Å². The van der Waals surface area contributed by atoms with E-state index in [1.165, 1.54) is 49.4 Å². The quantitative estimate of drug-likeness (QED) is 0.526. The molecule has 7 nitrogen and oxygen atoms in total. The highest BCUT2D eigenvalue weighted by atomic mass is 19.1. The summed E-state index contributed by atoms with van der Waals surface area (Å²) in [7, 11) is 0. The standard InChI is InChI=1S/C17H18FN3O4/c1-17(23,12-6-8-13(18)9-7-12)11-20-16(22)10-19-14-4-2-3-5-15(14)21(24)25/h2-9,19,23H,10-11H2,1H3,(H,20,22). The van der Waals surface area contributed by atoms with Crippen LogP contribution in [0.15, 0.2) is 48.5 Å². The van der Waals surface area contributed by atoms with E-state index in [9.17, 15) is 24.4 Å². The maximum Gasteiger partial charge on any atom is 0.292 e. The lowest BCUT2D eigenvalue weighted by molar-refractivity contribution is -0.383. The first-order valence-electron chi connectivity index (χ1n) is 7.52. The van der Waals surface area contributed by atoms with Crippen molar-refractivity contribution in [2.75, 3.05) is 18.4 Å². The van der Waals surface area contributed by atoms with Crippen molar-refractivity contribution < 1.29 is 19.2 Å². The average molecular weight is 347 g/mol. The lowest BCUT2D eigenvalue weighted by Crippen LogP contribution is -2.40. The van der Waals surface area contributed by atoms with E-state index in [1.54, 1.807) is 6.07 Å². The van der Waals surface area contributed by atoms with Crippen LogP contribution in [0.5, 0.6) is 0 Å². The first-order valence-corrected chi connectivity index (χ1v) is 7.52. The summed E-state index contributed by atoms with van der Waals surface area (Å²) < 4.78 is 12.9. The minimum atomic E-state index is -1.37. The van der Waals surface area contributed by atoms with Gasteiger partial charge in [-0.05, 0) is 30.7 Å². The SMILES string of the molecule is CC(O)(CNC(=O)CNc1ccccc1[N+](=O)[O-])c1ccc(F)cc1. The highest BCUT2D eigenvalue weighted by Gasteiger charge is 2.24. The molecule has 1 atom stereocenters. The van der Waals surface area contributed by atoms with Crippen LogP contribution in [0.4, 0.5) is 15.8 Å². The number of hydrogen-bond donors (Lipinski definition) is 3. The fraction of sp³-hybridized carbons (Fsp3) is 0.235. The van der Waals surface area contributed by atoms with Gasteiger partial charge in [-0.3, -0.25) is 14.9 Å². The molecule has 0 saturated heterocycles. The summed E-state index contributed by atoms with van der Waals surface area (Å²) in [6.07, 6.45) is 0. The molecule has 0 bridgehead atoms. The highest BCUT2D eigenvalue weighted by molar-refractivity contribution is 5.81. The number of carbonyl (C=O) groups excluding carboxylic acids is 1. The van der Waals surface area contributed by atoms with E-state index in [4.69, 9.17) is 0 Å². The number of halogens is 1. The number of nitro groups is 1. The van der Waals surface area contributed by atoms with Gasteiger partial charge in [0.25, 0.3) is 5.69 Å². The molecule has 0 aliphatic carbocycles. The Morgan fingerprint density at radius 2 is 1.88 bits per heavy atom. The van der Waals surface area contributed by atoms with Crippen LogP contribution in [-0.4, -0.2) is 29.0 Å². The van der Waals surface area contributed by atoms with Crippen LogP contribution in [-0.2, 0) is 10.4 Å². The molecule has 0 radical (unpaired) electrons. The molecule has 0 aliphatic heterocycles. The lowest BCUT2D eigenvalue weighted by Gasteiger charge is -2.24. The number of carbonyl (C=O) groups is 1. The van der Waals surface area contributed by atoms with Gasteiger partial charge in [-0.15, -0.1) is 0 Å². The molecule has 0 aromatic heterocycles. The largest absolute Gasteiger partial charge is 0.384 e. The Kier molecular flexibility index (Phi) is 5.66. The monoisotopic (exact) mass is 347 g/mol. The Bertz CT molecular complexity index is 763. The van der Waals surface area contributed by atoms with Crippen LogP contribution >= 0.6 is 0 Å². The molecular formula is C17H18FN3O4. The molecule has 2 rings (SSSR count). The molecule has 132 valence electrons. The van der Waals surface area contributed by atoms with Crippen LogP contribution in [0.1, 0.15) is 12.5 Å². The number of para-hydroxylation sites is 2. The van der Waals surface area contributed by atoms with Gasteiger partial charge >= 0.3 is 0 Å². The number of benzene rings is 2. The summed E-state index contributed by atoms with van der Waals surface area (Å²) in [5.74, 6) is -0.863. The van der Waals surface area contributed by atoms with E-state index in [1.807, 2.05) is 0 Å². The highest BCUT2D eigenvalue weighted by Crippen LogP contribution is 2.23. The van der Waals surface area contributed by atoms with Crippen molar-refractivity contribution in [2.24, 2.45) is 0 Å². The third kappa shape index (κ3) is 4.98. The molecule has 2 aromatic carbocycles. The lowest BCUT2D eigenvalue weighted by atomic mass is 9.96.